The molecule has 2 amide bonds. The first kappa shape index (κ1) is 37.0. The van der Waals surface area contributed by atoms with E-state index in [4.69, 9.17) is 0 Å². The lowest BCUT2D eigenvalue weighted by molar-refractivity contribution is -0.112. The number of thiophene rings is 2. The van der Waals surface area contributed by atoms with Crippen molar-refractivity contribution in [1.29, 1.82) is 0 Å². The van der Waals surface area contributed by atoms with Crippen LogP contribution in [0.25, 0.3) is 11.1 Å². The van der Waals surface area contributed by atoms with Gasteiger partial charge in [0.2, 0.25) is 0 Å². The molecule has 0 aliphatic carbocycles. The molecule has 0 spiro atoms. The zero-order valence-electron chi connectivity index (χ0n) is 29.1. The second-order valence-electron chi connectivity index (χ2n) is 13.3. The number of anilines is 2. The summed E-state index contributed by atoms with van der Waals surface area (Å²) in [6, 6.07) is 24.7. The van der Waals surface area contributed by atoms with Crippen LogP contribution in [-0.2, 0) is 22.4 Å². The maximum atomic E-state index is 14.7. The average Bonchev–Trinajstić information content (AvgIpc) is 3.88. The van der Waals surface area contributed by atoms with Crippen LogP contribution < -0.4 is 9.80 Å². The van der Waals surface area contributed by atoms with Crippen LogP contribution in [0.2, 0.25) is 0 Å². The van der Waals surface area contributed by atoms with Gasteiger partial charge < -0.3 is 0 Å². The highest BCUT2D eigenvalue weighted by molar-refractivity contribution is 9.11. The molecular formula is C42H46Br2N2O2S2. The Hall–Kier alpha value is -2.78. The summed E-state index contributed by atoms with van der Waals surface area (Å²) in [5.74, 6) is -0.225. The number of aryl methyl sites for hydroxylation is 2. The van der Waals surface area contributed by atoms with E-state index >= 15 is 0 Å². The standard InChI is InChI=1S/C42H46Br2N2O2S2/c1-3-5-7-9-11-13-15-29-17-21-31(22-18-29)45-39-37(33-25-27-35(43)49-33)42(48)46(40(39)38(41(45)47)34-26-28-36(44)50-34)32-23-19-30(20-24-32)16-14-12-10-8-6-4-2/h17-28H,3-16H2,1-2H3. The molecule has 4 nitrogen and oxygen atoms in total. The lowest BCUT2D eigenvalue weighted by atomic mass is 10.0. The van der Waals surface area contributed by atoms with Crippen molar-refractivity contribution in [3.63, 3.8) is 0 Å². The molecule has 2 aromatic carbocycles. The van der Waals surface area contributed by atoms with E-state index in [1.54, 1.807) is 9.80 Å². The molecule has 2 aliphatic rings. The van der Waals surface area contributed by atoms with Gasteiger partial charge in [0.15, 0.2) is 0 Å². The molecule has 4 heterocycles. The van der Waals surface area contributed by atoms with Crippen molar-refractivity contribution >= 4 is 88.9 Å². The molecule has 0 fully saturated rings. The van der Waals surface area contributed by atoms with Gasteiger partial charge in [-0.25, -0.2) is 0 Å². The summed E-state index contributed by atoms with van der Waals surface area (Å²) in [6.07, 6.45) is 17.2. The van der Waals surface area contributed by atoms with E-state index in [9.17, 15) is 9.59 Å². The quantitative estimate of drug-likeness (QED) is 0.0937. The number of halogens is 2. The fraction of sp³-hybridized carbons (Fsp3) is 0.381. The highest BCUT2D eigenvalue weighted by Gasteiger charge is 2.50. The third-order valence-corrected chi connectivity index (χ3v) is 12.9. The van der Waals surface area contributed by atoms with E-state index in [0.717, 1.165) is 41.5 Å². The predicted octanol–water partition coefficient (Wildman–Crippen LogP) is 13.4. The van der Waals surface area contributed by atoms with E-state index in [1.165, 1.54) is 111 Å². The second-order valence-corrected chi connectivity index (χ2v) is 18.2. The summed E-state index contributed by atoms with van der Waals surface area (Å²) in [5, 5.41) is 0. The molecular weight excluding hydrogens is 788 g/mol. The number of hydrogen-bond acceptors (Lipinski definition) is 4. The van der Waals surface area contributed by atoms with Gasteiger partial charge in [0, 0.05) is 21.1 Å². The van der Waals surface area contributed by atoms with Gasteiger partial charge in [-0.2, -0.15) is 0 Å². The van der Waals surface area contributed by atoms with Crippen molar-refractivity contribution in [1.82, 2.24) is 0 Å². The van der Waals surface area contributed by atoms with Crippen LogP contribution in [0.1, 0.15) is 112 Å². The normalized spacial score (nSPS) is 14.6. The van der Waals surface area contributed by atoms with Crippen molar-refractivity contribution in [3.05, 3.63) is 113 Å². The zero-order valence-corrected chi connectivity index (χ0v) is 33.9. The summed E-state index contributed by atoms with van der Waals surface area (Å²) in [4.78, 5) is 34.7. The average molecular weight is 835 g/mol. The predicted molar refractivity (Wildman–Crippen MR) is 220 cm³/mol. The highest BCUT2D eigenvalue weighted by atomic mass is 79.9. The third kappa shape index (κ3) is 8.30. The lowest BCUT2D eigenvalue weighted by Crippen LogP contribution is -2.27. The van der Waals surface area contributed by atoms with Crippen LogP contribution in [0.15, 0.2) is 91.8 Å². The molecule has 6 rings (SSSR count). The Morgan fingerprint density at radius 2 is 0.840 bits per heavy atom. The molecule has 4 aromatic rings. The summed E-state index contributed by atoms with van der Waals surface area (Å²) in [5.41, 5.74) is 6.53. The number of unbranched alkanes of at least 4 members (excludes halogenated alkanes) is 10. The minimum absolute atomic E-state index is 0.113. The number of benzene rings is 2. The van der Waals surface area contributed by atoms with E-state index in [2.05, 4.69) is 70.0 Å². The minimum atomic E-state index is -0.113. The van der Waals surface area contributed by atoms with Crippen molar-refractivity contribution in [2.24, 2.45) is 0 Å². The number of amides is 2. The Labute approximate surface area is 322 Å². The zero-order chi connectivity index (χ0) is 35.0. The molecule has 0 radical (unpaired) electrons. The molecule has 0 saturated carbocycles. The monoisotopic (exact) mass is 832 g/mol. The molecule has 0 N–H and O–H groups in total. The van der Waals surface area contributed by atoms with Crippen LogP contribution in [0, 0.1) is 0 Å². The minimum Gasteiger partial charge on any atom is -0.274 e. The molecule has 0 bridgehead atoms. The fourth-order valence-corrected chi connectivity index (χ4v) is 9.83. The van der Waals surface area contributed by atoms with Gasteiger partial charge in [0.05, 0.1) is 30.1 Å². The van der Waals surface area contributed by atoms with Crippen LogP contribution in [0.4, 0.5) is 11.4 Å². The van der Waals surface area contributed by atoms with E-state index < -0.39 is 0 Å². The Morgan fingerprint density at radius 1 is 0.480 bits per heavy atom. The lowest BCUT2D eigenvalue weighted by Gasteiger charge is -2.20. The van der Waals surface area contributed by atoms with Gasteiger partial charge >= 0.3 is 0 Å². The third-order valence-electron chi connectivity index (χ3n) is 9.65. The van der Waals surface area contributed by atoms with E-state index in [1.807, 2.05) is 48.5 Å². The Balaban J connectivity index is 1.35. The Kier molecular flexibility index (Phi) is 13.0. The first-order valence-corrected chi connectivity index (χ1v) is 21.5. The molecule has 0 unspecified atom stereocenters. The van der Waals surface area contributed by atoms with Crippen LogP contribution >= 0.6 is 54.5 Å². The number of fused-ring (bicyclic) bond motifs is 1. The topological polar surface area (TPSA) is 40.6 Å². The number of carbonyl (C=O) groups is 2. The largest absolute Gasteiger partial charge is 0.274 e. The van der Waals surface area contributed by atoms with Gasteiger partial charge in [0.25, 0.3) is 11.8 Å². The van der Waals surface area contributed by atoms with Gasteiger partial charge in [-0.15, -0.1) is 22.7 Å². The van der Waals surface area contributed by atoms with Crippen LogP contribution in [0.5, 0.6) is 0 Å². The highest BCUT2D eigenvalue weighted by Crippen LogP contribution is 2.52. The van der Waals surface area contributed by atoms with E-state index in [0.29, 0.717) is 22.5 Å². The molecule has 0 atom stereocenters. The molecule has 2 aromatic heterocycles. The first-order valence-electron chi connectivity index (χ1n) is 18.3. The van der Waals surface area contributed by atoms with Gasteiger partial charge in [-0.3, -0.25) is 19.4 Å². The second kappa shape index (κ2) is 17.6. The fourth-order valence-electron chi connectivity index (χ4n) is 6.98. The van der Waals surface area contributed by atoms with Crippen molar-refractivity contribution in [3.8, 4) is 0 Å². The smallest absolute Gasteiger partial charge is 0.266 e. The Bertz CT molecular complexity index is 1720. The first-order chi connectivity index (χ1) is 24.4. The number of rotatable bonds is 18. The van der Waals surface area contributed by atoms with Crippen molar-refractivity contribution in [2.45, 2.75) is 104 Å². The van der Waals surface area contributed by atoms with Gasteiger partial charge in [0.1, 0.15) is 0 Å². The SMILES string of the molecule is CCCCCCCCc1ccc(N2C(=O)C(c3ccc(Br)s3)=C3C2=C(c2ccc(Br)s2)C(=O)N3c2ccc(CCCCCCCC)cc2)cc1. The van der Waals surface area contributed by atoms with Crippen LogP contribution in [-0.4, -0.2) is 11.8 Å². The summed E-state index contributed by atoms with van der Waals surface area (Å²) in [6.45, 7) is 4.50. The maximum absolute atomic E-state index is 14.7. The summed E-state index contributed by atoms with van der Waals surface area (Å²) >= 11 is 10.3. The van der Waals surface area contributed by atoms with E-state index in [-0.39, 0.29) is 11.8 Å². The molecule has 50 heavy (non-hydrogen) atoms. The molecule has 8 heteroatoms. The molecule has 262 valence electrons. The van der Waals surface area contributed by atoms with Gasteiger partial charge in [-0.05, 0) is 117 Å². The molecule has 2 aliphatic heterocycles. The van der Waals surface area contributed by atoms with Crippen molar-refractivity contribution < 1.29 is 9.59 Å². The van der Waals surface area contributed by atoms with Gasteiger partial charge in [-0.1, -0.05) is 102 Å². The maximum Gasteiger partial charge on any atom is 0.266 e. The number of carbonyl (C=O) groups excluding carboxylic acids is 2. The number of nitrogens with zero attached hydrogens (tertiary/aromatic N) is 2. The summed E-state index contributed by atoms with van der Waals surface area (Å²) in [7, 11) is 0. The number of hydrogen-bond donors (Lipinski definition) is 0. The van der Waals surface area contributed by atoms with Crippen molar-refractivity contribution in [2.75, 3.05) is 9.80 Å². The Morgan fingerprint density at radius 3 is 1.18 bits per heavy atom. The van der Waals surface area contributed by atoms with Crippen LogP contribution in [0.3, 0.4) is 0 Å². The molecule has 0 saturated heterocycles. The summed E-state index contributed by atoms with van der Waals surface area (Å²) < 4.78 is 1.88.